The standard InChI is InChI=1S/C16H24N2O4S/c1-16(2,3)22-15(21)18-5-4-11(9-18)7-17-8-13-6-12(10-23-13)14(19)20/h6,10-11,17H,4-5,7-9H2,1-3H3,(H,19,20). The van der Waals surface area contributed by atoms with E-state index in [2.05, 4.69) is 5.32 Å². The number of amides is 1. The third-order valence-electron chi connectivity index (χ3n) is 3.57. The Morgan fingerprint density at radius 1 is 1.48 bits per heavy atom. The van der Waals surface area contributed by atoms with Gasteiger partial charge in [-0.2, -0.15) is 0 Å². The van der Waals surface area contributed by atoms with Gasteiger partial charge >= 0.3 is 12.1 Å². The van der Waals surface area contributed by atoms with Crippen molar-refractivity contribution in [3.8, 4) is 0 Å². The smallest absolute Gasteiger partial charge is 0.410 e. The fourth-order valence-corrected chi connectivity index (χ4v) is 3.30. The van der Waals surface area contributed by atoms with Gasteiger partial charge in [0.15, 0.2) is 0 Å². The van der Waals surface area contributed by atoms with Crippen LogP contribution in [0.15, 0.2) is 11.4 Å². The third kappa shape index (κ3) is 5.51. The molecule has 0 aliphatic carbocycles. The molecule has 0 radical (unpaired) electrons. The third-order valence-corrected chi connectivity index (χ3v) is 4.51. The fraction of sp³-hybridized carbons (Fsp3) is 0.625. The first-order chi connectivity index (χ1) is 10.7. The number of aromatic carboxylic acids is 1. The summed E-state index contributed by atoms with van der Waals surface area (Å²) in [5.41, 5.74) is -0.127. The molecule has 1 saturated heterocycles. The van der Waals surface area contributed by atoms with Crippen molar-refractivity contribution in [1.29, 1.82) is 0 Å². The van der Waals surface area contributed by atoms with Crippen LogP contribution in [0.1, 0.15) is 42.4 Å². The van der Waals surface area contributed by atoms with Crippen molar-refractivity contribution in [2.75, 3.05) is 19.6 Å². The van der Waals surface area contributed by atoms with Crippen molar-refractivity contribution < 1.29 is 19.4 Å². The van der Waals surface area contributed by atoms with E-state index in [4.69, 9.17) is 9.84 Å². The van der Waals surface area contributed by atoms with E-state index < -0.39 is 11.6 Å². The Hall–Kier alpha value is -1.60. The molecule has 2 N–H and O–H groups in total. The first-order valence-corrected chi connectivity index (χ1v) is 8.62. The quantitative estimate of drug-likeness (QED) is 0.862. The number of nitrogens with one attached hydrogen (secondary N) is 1. The molecule has 0 bridgehead atoms. The van der Waals surface area contributed by atoms with Crippen LogP contribution in [0.25, 0.3) is 0 Å². The topological polar surface area (TPSA) is 78.9 Å². The van der Waals surface area contributed by atoms with Crippen LogP contribution in [0, 0.1) is 5.92 Å². The number of nitrogens with zero attached hydrogens (tertiary/aromatic N) is 1. The summed E-state index contributed by atoms with van der Waals surface area (Å²) in [5, 5.41) is 13.9. The van der Waals surface area contributed by atoms with Gasteiger partial charge in [0, 0.05) is 36.4 Å². The van der Waals surface area contributed by atoms with Gasteiger partial charge in [0.1, 0.15) is 5.60 Å². The average molecular weight is 340 g/mol. The second-order valence-corrected chi connectivity index (χ2v) is 7.81. The molecule has 0 saturated carbocycles. The van der Waals surface area contributed by atoms with Crippen LogP contribution >= 0.6 is 11.3 Å². The molecule has 7 heteroatoms. The lowest BCUT2D eigenvalue weighted by Gasteiger charge is -2.24. The van der Waals surface area contributed by atoms with Crippen LogP contribution in [0.5, 0.6) is 0 Å². The fourth-order valence-electron chi connectivity index (χ4n) is 2.48. The number of ether oxygens (including phenoxy) is 1. The minimum Gasteiger partial charge on any atom is -0.478 e. The maximum atomic E-state index is 12.0. The summed E-state index contributed by atoms with van der Waals surface area (Å²) < 4.78 is 5.38. The van der Waals surface area contributed by atoms with Crippen LogP contribution in [0.3, 0.4) is 0 Å². The molecule has 6 nitrogen and oxygen atoms in total. The Bertz CT molecular complexity index is 565. The summed E-state index contributed by atoms with van der Waals surface area (Å²) in [5.74, 6) is -0.488. The molecule has 2 rings (SSSR count). The summed E-state index contributed by atoms with van der Waals surface area (Å²) >= 11 is 1.44. The van der Waals surface area contributed by atoms with Gasteiger partial charge in [-0.3, -0.25) is 0 Å². The summed E-state index contributed by atoms with van der Waals surface area (Å²) in [6.45, 7) is 8.49. The Morgan fingerprint density at radius 2 is 2.22 bits per heavy atom. The highest BCUT2D eigenvalue weighted by atomic mass is 32.1. The highest BCUT2D eigenvalue weighted by Gasteiger charge is 2.29. The molecule has 2 heterocycles. The zero-order chi connectivity index (χ0) is 17.0. The summed E-state index contributed by atoms with van der Waals surface area (Å²) in [6.07, 6.45) is 0.709. The predicted molar refractivity (Wildman–Crippen MR) is 88.9 cm³/mol. The van der Waals surface area contributed by atoms with Crippen LogP contribution < -0.4 is 5.32 Å². The Balaban J connectivity index is 1.71. The minimum absolute atomic E-state index is 0.246. The van der Waals surface area contributed by atoms with Gasteiger partial charge < -0.3 is 20.1 Å². The highest BCUT2D eigenvalue weighted by molar-refractivity contribution is 7.10. The van der Waals surface area contributed by atoms with Crippen molar-refractivity contribution in [3.05, 3.63) is 21.9 Å². The van der Waals surface area contributed by atoms with Gasteiger partial charge in [-0.25, -0.2) is 9.59 Å². The van der Waals surface area contributed by atoms with E-state index in [0.717, 1.165) is 24.4 Å². The monoisotopic (exact) mass is 340 g/mol. The van der Waals surface area contributed by atoms with Crippen molar-refractivity contribution in [1.82, 2.24) is 10.2 Å². The molecular weight excluding hydrogens is 316 g/mol. The van der Waals surface area contributed by atoms with Crippen molar-refractivity contribution in [2.45, 2.75) is 39.3 Å². The van der Waals surface area contributed by atoms with E-state index in [1.165, 1.54) is 11.3 Å². The van der Waals surface area contributed by atoms with Gasteiger partial charge in [0.25, 0.3) is 0 Å². The first-order valence-electron chi connectivity index (χ1n) is 7.74. The van der Waals surface area contributed by atoms with E-state index in [1.807, 2.05) is 20.8 Å². The van der Waals surface area contributed by atoms with E-state index in [0.29, 0.717) is 24.6 Å². The normalized spacial score (nSPS) is 18.2. The van der Waals surface area contributed by atoms with E-state index in [-0.39, 0.29) is 6.09 Å². The van der Waals surface area contributed by atoms with Gasteiger partial charge in [-0.05, 0) is 39.2 Å². The lowest BCUT2D eigenvalue weighted by atomic mass is 10.1. The second kappa shape index (κ2) is 7.31. The average Bonchev–Trinajstić information content (AvgIpc) is 3.05. The number of carboxylic acids is 1. The van der Waals surface area contributed by atoms with Crippen LogP contribution in [-0.4, -0.2) is 47.3 Å². The predicted octanol–water partition coefficient (Wildman–Crippen LogP) is 2.79. The second-order valence-electron chi connectivity index (χ2n) is 6.82. The van der Waals surface area contributed by atoms with Crippen molar-refractivity contribution in [3.63, 3.8) is 0 Å². The van der Waals surface area contributed by atoms with Gasteiger partial charge in [-0.1, -0.05) is 0 Å². The zero-order valence-corrected chi connectivity index (χ0v) is 14.6. The van der Waals surface area contributed by atoms with E-state index >= 15 is 0 Å². The first kappa shape index (κ1) is 17.7. The van der Waals surface area contributed by atoms with Crippen LogP contribution in [0.2, 0.25) is 0 Å². The lowest BCUT2D eigenvalue weighted by molar-refractivity contribution is 0.0288. The van der Waals surface area contributed by atoms with Crippen LogP contribution in [-0.2, 0) is 11.3 Å². The molecule has 1 aliphatic heterocycles. The molecule has 23 heavy (non-hydrogen) atoms. The molecule has 0 spiro atoms. The number of hydrogen-bond acceptors (Lipinski definition) is 5. The molecular formula is C16H24N2O4S. The van der Waals surface area contributed by atoms with Crippen molar-refractivity contribution in [2.24, 2.45) is 5.92 Å². The van der Waals surface area contributed by atoms with Crippen molar-refractivity contribution >= 4 is 23.4 Å². The molecule has 0 aromatic carbocycles. The number of thiophene rings is 1. The number of likely N-dealkylation sites (tertiary alicyclic amines) is 1. The molecule has 1 aromatic rings. The molecule has 1 unspecified atom stereocenters. The van der Waals surface area contributed by atoms with Gasteiger partial charge in [0.2, 0.25) is 0 Å². The zero-order valence-electron chi connectivity index (χ0n) is 13.8. The largest absolute Gasteiger partial charge is 0.478 e. The van der Waals surface area contributed by atoms with Crippen LogP contribution in [0.4, 0.5) is 4.79 Å². The molecule has 1 fully saturated rings. The van der Waals surface area contributed by atoms with E-state index in [9.17, 15) is 9.59 Å². The number of carboxylic acid groups (broad SMARTS) is 1. The van der Waals surface area contributed by atoms with E-state index in [1.54, 1.807) is 16.3 Å². The Labute approximate surface area is 140 Å². The Morgan fingerprint density at radius 3 is 2.83 bits per heavy atom. The molecule has 128 valence electrons. The summed E-state index contributed by atoms with van der Waals surface area (Å²) in [4.78, 5) is 25.6. The number of carbonyl (C=O) groups excluding carboxylic acids is 1. The number of carbonyl (C=O) groups is 2. The highest BCUT2D eigenvalue weighted by Crippen LogP contribution is 2.19. The van der Waals surface area contributed by atoms with Gasteiger partial charge in [-0.15, -0.1) is 11.3 Å². The summed E-state index contributed by atoms with van der Waals surface area (Å²) in [6, 6.07) is 1.70. The van der Waals surface area contributed by atoms with Gasteiger partial charge in [0.05, 0.1) is 5.56 Å². The molecule has 1 aliphatic rings. The minimum atomic E-state index is -0.892. The molecule has 1 atom stereocenters. The number of hydrogen-bond donors (Lipinski definition) is 2. The SMILES string of the molecule is CC(C)(C)OC(=O)N1CCC(CNCc2cc(C(=O)O)cs2)C1. The molecule has 1 amide bonds. The maximum Gasteiger partial charge on any atom is 0.410 e. The summed E-state index contributed by atoms with van der Waals surface area (Å²) in [7, 11) is 0. The number of rotatable bonds is 5. The lowest BCUT2D eigenvalue weighted by Crippen LogP contribution is -2.36. The Kier molecular flexibility index (Phi) is 5.64. The maximum absolute atomic E-state index is 12.0. The molecule has 1 aromatic heterocycles.